The van der Waals surface area contributed by atoms with Crippen LogP contribution >= 0.6 is 22.6 Å². The molecule has 2 N–H and O–H groups in total. The number of anilines is 1. The van der Waals surface area contributed by atoms with E-state index in [2.05, 4.69) is 70.7 Å². The van der Waals surface area contributed by atoms with Gasteiger partial charge in [0.2, 0.25) is 0 Å². The Labute approximate surface area is 127 Å². The third-order valence-electron chi connectivity index (χ3n) is 3.73. The lowest BCUT2D eigenvalue weighted by Gasteiger charge is -2.30. The van der Waals surface area contributed by atoms with Crippen LogP contribution in [0.3, 0.4) is 0 Å². The predicted octanol–water partition coefficient (Wildman–Crippen LogP) is 3.77. The van der Waals surface area contributed by atoms with Crippen LogP contribution in [0.1, 0.15) is 38.1 Å². The van der Waals surface area contributed by atoms with Crippen molar-refractivity contribution in [1.29, 1.82) is 0 Å². The molecule has 0 atom stereocenters. The average molecular weight is 367 g/mol. The molecule has 0 unspecified atom stereocenters. The first kappa shape index (κ1) is 14.2. The van der Waals surface area contributed by atoms with Crippen molar-refractivity contribution in [2.24, 2.45) is 0 Å². The summed E-state index contributed by atoms with van der Waals surface area (Å²) in [6.07, 6.45) is 3.71. The molecule has 19 heavy (non-hydrogen) atoms. The second-order valence-electron chi connectivity index (χ2n) is 4.58. The van der Waals surface area contributed by atoms with Gasteiger partial charge in [-0.3, -0.25) is 0 Å². The summed E-state index contributed by atoms with van der Waals surface area (Å²) in [4.78, 5) is 9.05. The smallest absolute Gasteiger partial charge is 0.141 e. The standard InChI is InChI=1S/C15H18IN3/c1-3-15(4-2,11-8-6-5-7-9-11)14-18-10-12(16)13(17)19-14/h5-10H,3-4H2,1-2H3,(H2,17,18,19). The number of nitrogen functional groups attached to an aromatic ring is 1. The molecule has 1 aromatic heterocycles. The lowest BCUT2D eigenvalue weighted by Crippen LogP contribution is -2.29. The van der Waals surface area contributed by atoms with E-state index in [1.54, 1.807) is 6.20 Å². The minimum atomic E-state index is -0.153. The first-order chi connectivity index (χ1) is 9.14. The Kier molecular flexibility index (Phi) is 4.39. The van der Waals surface area contributed by atoms with Crippen LogP contribution in [-0.4, -0.2) is 9.97 Å². The molecule has 100 valence electrons. The number of hydrogen-bond donors (Lipinski definition) is 1. The maximum Gasteiger partial charge on any atom is 0.141 e. The van der Waals surface area contributed by atoms with Gasteiger partial charge in [0.15, 0.2) is 0 Å². The zero-order chi connectivity index (χ0) is 13.9. The van der Waals surface area contributed by atoms with Gasteiger partial charge in [0.1, 0.15) is 11.6 Å². The maximum absolute atomic E-state index is 5.95. The van der Waals surface area contributed by atoms with Crippen LogP contribution in [0.5, 0.6) is 0 Å². The summed E-state index contributed by atoms with van der Waals surface area (Å²) in [5, 5.41) is 0. The monoisotopic (exact) mass is 367 g/mol. The van der Waals surface area contributed by atoms with Crippen molar-refractivity contribution in [2.45, 2.75) is 32.1 Å². The molecule has 0 spiro atoms. The molecule has 2 aromatic rings. The van der Waals surface area contributed by atoms with Crippen LogP contribution in [0.2, 0.25) is 0 Å². The fraction of sp³-hybridized carbons (Fsp3) is 0.333. The highest BCUT2D eigenvalue weighted by Gasteiger charge is 2.33. The SMILES string of the molecule is CCC(CC)(c1ccccc1)c1ncc(I)c(N)n1. The Morgan fingerprint density at radius 2 is 1.79 bits per heavy atom. The summed E-state index contributed by atoms with van der Waals surface area (Å²) >= 11 is 2.16. The summed E-state index contributed by atoms with van der Waals surface area (Å²) in [5.41, 5.74) is 7.04. The normalized spacial score (nSPS) is 11.5. The molecule has 0 radical (unpaired) electrons. The van der Waals surface area contributed by atoms with E-state index in [1.807, 2.05) is 6.07 Å². The molecule has 2 rings (SSSR count). The molecule has 4 heteroatoms. The third kappa shape index (κ3) is 2.59. The maximum atomic E-state index is 5.95. The minimum absolute atomic E-state index is 0.153. The van der Waals surface area contributed by atoms with Gasteiger partial charge in [-0.2, -0.15) is 0 Å². The van der Waals surface area contributed by atoms with Gasteiger partial charge in [-0.15, -0.1) is 0 Å². The second kappa shape index (κ2) is 5.86. The Balaban J connectivity index is 2.59. The van der Waals surface area contributed by atoms with Gasteiger partial charge in [0.05, 0.1) is 8.99 Å². The van der Waals surface area contributed by atoms with Crippen LogP contribution in [0.15, 0.2) is 36.5 Å². The van der Waals surface area contributed by atoms with E-state index >= 15 is 0 Å². The highest BCUT2D eigenvalue weighted by molar-refractivity contribution is 14.1. The molecule has 0 amide bonds. The number of nitrogens with zero attached hydrogens (tertiary/aromatic N) is 2. The summed E-state index contributed by atoms with van der Waals surface area (Å²) in [7, 11) is 0. The first-order valence-electron chi connectivity index (χ1n) is 6.48. The van der Waals surface area contributed by atoms with Gasteiger partial charge in [0.25, 0.3) is 0 Å². The molecule has 0 saturated heterocycles. The van der Waals surface area contributed by atoms with Crippen molar-refractivity contribution in [3.8, 4) is 0 Å². The number of halogens is 1. The lowest BCUT2D eigenvalue weighted by atomic mass is 9.75. The molecule has 0 fully saturated rings. The largest absolute Gasteiger partial charge is 0.383 e. The van der Waals surface area contributed by atoms with Crippen molar-refractivity contribution in [2.75, 3.05) is 5.73 Å². The quantitative estimate of drug-likeness (QED) is 0.837. The van der Waals surface area contributed by atoms with E-state index in [0.29, 0.717) is 5.82 Å². The minimum Gasteiger partial charge on any atom is -0.383 e. The molecular formula is C15H18IN3. The van der Waals surface area contributed by atoms with Crippen molar-refractivity contribution in [1.82, 2.24) is 9.97 Å². The molecule has 0 bridgehead atoms. The summed E-state index contributed by atoms with van der Waals surface area (Å²) in [6.45, 7) is 4.35. The van der Waals surface area contributed by atoms with E-state index in [0.717, 1.165) is 22.2 Å². The molecule has 1 heterocycles. The van der Waals surface area contributed by atoms with Gasteiger partial charge >= 0.3 is 0 Å². The summed E-state index contributed by atoms with van der Waals surface area (Å²) in [6, 6.07) is 10.4. The highest BCUT2D eigenvalue weighted by atomic mass is 127. The third-order valence-corrected chi connectivity index (χ3v) is 4.56. The van der Waals surface area contributed by atoms with E-state index in [1.165, 1.54) is 5.56 Å². The fourth-order valence-electron chi connectivity index (χ4n) is 2.47. The number of hydrogen-bond acceptors (Lipinski definition) is 3. The van der Waals surface area contributed by atoms with Crippen molar-refractivity contribution < 1.29 is 0 Å². The summed E-state index contributed by atoms with van der Waals surface area (Å²) in [5.74, 6) is 1.38. The second-order valence-corrected chi connectivity index (χ2v) is 5.74. The first-order valence-corrected chi connectivity index (χ1v) is 7.56. The van der Waals surface area contributed by atoms with E-state index in [9.17, 15) is 0 Å². The van der Waals surface area contributed by atoms with Crippen molar-refractivity contribution in [3.63, 3.8) is 0 Å². The molecular weight excluding hydrogens is 349 g/mol. The molecule has 0 saturated carbocycles. The van der Waals surface area contributed by atoms with Crippen LogP contribution in [-0.2, 0) is 5.41 Å². The Hall–Kier alpha value is -1.17. The molecule has 1 aromatic carbocycles. The number of nitrogens with two attached hydrogens (primary N) is 1. The van der Waals surface area contributed by atoms with Crippen LogP contribution in [0, 0.1) is 3.57 Å². The predicted molar refractivity (Wildman–Crippen MR) is 87.0 cm³/mol. The lowest BCUT2D eigenvalue weighted by molar-refractivity contribution is 0.449. The van der Waals surface area contributed by atoms with Gasteiger partial charge < -0.3 is 5.73 Å². The molecule has 0 aliphatic rings. The van der Waals surface area contributed by atoms with Crippen molar-refractivity contribution >= 4 is 28.4 Å². The van der Waals surface area contributed by atoms with Gasteiger partial charge in [-0.25, -0.2) is 9.97 Å². The number of rotatable bonds is 4. The Morgan fingerprint density at radius 1 is 1.16 bits per heavy atom. The van der Waals surface area contributed by atoms with Crippen molar-refractivity contribution in [3.05, 3.63) is 51.5 Å². The van der Waals surface area contributed by atoms with E-state index in [-0.39, 0.29) is 5.41 Å². The molecule has 0 aliphatic heterocycles. The fourth-order valence-corrected chi connectivity index (χ4v) is 2.73. The zero-order valence-corrected chi connectivity index (χ0v) is 13.4. The Morgan fingerprint density at radius 3 is 2.32 bits per heavy atom. The highest BCUT2D eigenvalue weighted by Crippen LogP contribution is 2.37. The number of benzene rings is 1. The Bertz CT molecular complexity index is 551. The van der Waals surface area contributed by atoms with Gasteiger partial charge in [0, 0.05) is 6.20 Å². The molecule has 0 aliphatic carbocycles. The summed E-state index contributed by atoms with van der Waals surface area (Å²) < 4.78 is 0.899. The van der Waals surface area contributed by atoms with Crippen LogP contribution < -0.4 is 5.73 Å². The van der Waals surface area contributed by atoms with Crippen LogP contribution in [0.25, 0.3) is 0 Å². The molecule has 3 nitrogen and oxygen atoms in total. The van der Waals surface area contributed by atoms with Gasteiger partial charge in [-0.1, -0.05) is 44.2 Å². The van der Waals surface area contributed by atoms with Crippen LogP contribution in [0.4, 0.5) is 5.82 Å². The topological polar surface area (TPSA) is 51.8 Å². The number of aromatic nitrogens is 2. The van der Waals surface area contributed by atoms with Gasteiger partial charge in [-0.05, 0) is 41.0 Å². The van der Waals surface area contributed by atoms with E-state index in [4.69, 9.17) is 5.73 Å². The zero-order valence-electron chi connectivity index (χ0n) is 11.2. The van der Waals surface area contributed by atoms with E-state index < -0.39 is 0 Å². The average Bonchev–Trinajstić information content (AvgIpc) is 2.46.